The number of rotatable bonds is 7. The summed E-state index contributed by atoms with van der Waals surface area (Å²) >= 11 is 0. The molecule has 0 aliphatic heterocycles. The van der Waals surface area contributed by atoms with E-state index in [9.17, 15) is 8.42 Å². The van der Waals surface area contributed by atoms with Crippen LogP contribution in [-0.2, 0) is 15.8 Å². The first-order chi connectivity index (χ1) is 14.6. The lowest BCUT2D eigenvalue weighted by Gasteiger charge is -2.26. The molecule has 5 heteroatoms. The van der Waals surface area contributed by atoms with Crippen LogP contribution in [0, 0.1) is 34.6 Å². The number of nitrogens with one attached hydrogen (secondary N) is 1. The highest BCUT2D eigenvalue weighted by atomic mass is 32.2. The van der Waals surface area contributed by atoms with Crippen molar-refractivity contribution in [2.75, 3.05) is 0 Å². The van der Waals surface area contributed by atoms with Crippen LogP contribution in [0.25, 0.3) is 0 Å². The number of nitrogens with two attached hydrogens (primary N) is 1. The van der Waals surface area contributed by atoms with Gasteiger partial charge in [0.05, 0.1) is 17.8 Å². The first-order valence-corrected chi connectivity index (χ1v) is 12.2. The maximum absolute atomic E-state index is 13.4. The van der Waals surface area contributed by atoms with E-state index < -0.39 is 22.1 Å². The summed E-state index contributed by atoms with van der Waals surface area (Å²) in [6, 6.07) is 18.0. The Hall–Kier alpha value is -2.47. The van der Waals surface area contributed by atoms with Gasteiger partial charge in [-0.1, -0.05) is 60.7 Å². The van der Waals surface area contributed by atoms with E-state index in [2.05, 4.69) is 25.5 Å². The zero-order valence-electron chi connectivity index (χ0n) is 18.9. The van der Waals surface area contributed by atoms with Gasteiger partial charge in [-0.25, -0.2) is 13.1 Å². The molecule has 0 radical (unpaired) electrons. The van der Waals surface area contributed by atoms with Crippen LogP contribution in [0.5, 0.6) is 0 Å². The molecule has 3 aromatic rings. The van der Waals surface area contributed by atoms with Crippen molar-refractivity contribution < 1.29 is 8.42 Å². The van der Waals surface area contributed by atoms with Crippen molar-refractivity contribution in [3.8, 4) is 0 Å². The van der Waals surface area contributed by atoms with Crippen molar-refractivity contribution >= 4 is 10.0 Å². The minimum absolute atomic E-state index is 0.0720. The summed E-state index contributed by atoms with van der Waals surface area (Å²) in [7, 11) is -3.66. The van der Waals surface area contributed by atoms with E-state index in [4.69, 9.17) is 5.73 Å². The summed E-state index contributed by atoms with van der Waals surface area (Å²) in [5.41, 5.74) is 14.8. The van der Waals surface area contributed by atoms with E-state index in [1.807, 2.05) is 74.5 Å². The Balaban J connectivity index is 1.98. The van der Waals surface area contributed by atoms with Crippen LogP contribution in [0.1, 0.15) is 56.6 Å². The van der Waals surface area contributed by atoms with E-state index in [1.54, 1.807) is 0 Å². The highest BCUT2D eigenvalue weighted by molar-refractivity contribution is 7.88. The number of hydrogen-bond donors (Lipinski definition) is 2. The van der Waals surface area contributed by atoms with Crippen LogP contribution < -0.4 is 10.5 Å². The van der Waals surface area contributed by atoms with Gasteiger partial charge in [-0.15, -0.1) is 0 Å². The van der Waals surface area contributed by atoms with Crippen molar-refractivity contribution in [2.24, 2.45) is 5.73 Å². The molecule has 2 atom stereocenters. The maximum atomic E-state index is 13.4. The third-order valence-electron chi connectivity index (χ3n) is 6.50. The average Bonchev–Trinajstić information content (AvgIpc) is 2.78. The molecule has 0 spiro atoms. The van der Waals surface area contributed by atoms with E-state index in [1.165, 1.54) is 5.56 Å². The molecular weight excluding hydrogens is 404 g/mol. The van der Waals surface area contributed by atoms with Gasteiger partial charge < -0.3 is 5.73 Å². The lowest BCUT2D eigenvalue weighted by atomic mass is 9.90. The summed E-state index contributed by atoms with van der Waals surface area (Å²) in [4.78, 5) is 0. The van der Waals surface area contributed by atoms with Crippen LogP contribution in [0.2, 0.25) is 0 Å². The molecule has 2 unspecified atom stereocenters. The van der Waals surface area contributed by atoms with Crippen LogP contribution in [0.4, 0.5) is 0 Å². The number of sulfonamides is 1. The second kappa shape index (κ2) is 9.35. The lowest BCUT2D eigenvalue weighted by Crippen LogP contribution is -2.36. The molecule has 3 N–H and O–H groups in total. The van der Waals surface area contributed by atoms with Gasteiger partial charge >= 0.3 is 0 Å². The fourth-order valence-electron chi connectivity index (χ4n) is 4.10. The Bertz CT molecular complexity index is 1130. The van der Waals surface area contributed by atoms with E-state index in [-0.39, 0.29) is 5.75 Å². The molecule has 31 heavy (non-hydrogen) atoms. The van der Waals surface area contributed by atoms with Gasteiger partial charge in [-0.2, -0.15) is 0 Å². The summed E-state index contributed by atoms with van der Waals surface area (Å²) in [5, 5.41) is 0. The molecule has 3 rings (SSSR count). The predicted molar refractivity (Wildman–Crippen MR) is 128 cm³/mol. The average molecular weight is 437 g/mol. The minimum atomic E-state index is -3.66. The second-order valence-corrected chi connectivity index (χ2v) is 10.1. The van der Waals surface area contributed by atoms with Crippen LogP contribution in [0.15, 0.2) is 60.7 Å². The Labute approximate surface area is 186 Å². The maximum Gasteiger partial charge on any atom is 0.216 e. The molecule has 164 valence electrons. The molecule has 0 amide bonds. The van der Waals surface area contributed by atoms with Crippen molar-refractivity contribution in [3.05, 3.63) is 105 Å². The molecule has 0 saturated carbocycles. The van der Waals surface area contributed by atoms with E-state index in [0.717, 1.165) is 38.9 Å². The highest BCUT2D eigenvalue weighted by Crippen LogP contribution is 2.30. The van der Waals surface area contributed by atoms with Crippen molar-refractivity contribution in [1.82, 2.24) is 4.72 Å². The van der Waals surface area contributed by atoms with Crippen molar-refractivity contribution in [3.63, 3.8) is 0 Å². The summed E-state index contributed by atoms with van der Waals surface area (Å²) < 4.78 is 29.6. The van der Waals surface area contributed by atoms with Gasteiger partial charge in [0, 0.05) is 0 Å². The largest absolute Gasteiger partial charge is 0.322 e. The Kier molecular flexibility index (Phi) is 6.99. The smallest absolute Gasteiger partial charge is 0.216 e. The second-order valence-electron chi connectivity index (χ2n) is 8.31. The van der Waals surface area contributed by atoms with Gasteiger partial charge in [0.15, 0.2) is 0 Å². The van der Waals surface area contributed by atoms with Gasteiger partial charge in [-0.05, 0) is 79.1 Å². The topological polar surface area (TPSA) is 72.2 Å². The van der Waals surface area contributed by atoms with E-state index >= 15 is 0 Å². The van der Waals surface area contributed by atoms with Crippen LogP contribution in [0.3, 0.4) is 0 Å². The van der Waals surface area contributed by atoms with Crippen LogP contribution in [-0.4, -0.2) is 8.42 Å². The molecule has 0 bridgehead atoms. The monoisotopic (exact) mass is 436 g/mol. The Morgan fingerprint density at radius 2 is 1.13 bits per heavy atom. The van der Waals surface area contributed by atoms with Crippen molar-refractivity contribution in [2.45, 2.75) is 52.5 Å². The molecule has 0 aromatic heterocycles. The molecule has 0 heterocycles. The Morgan fingerprint density at radius 1 is 0.710 bits per heavy atom. The quantitative estimate of drug-likeness (QED) is 0.542. The molecular formula is C26H32N2O2S. The van der Waals surface area contributed by atoms with Gasteiger partial charge in [0.25, 0.3) is 0 Å². The predicted octanol–water partition coefficient (Wildman–Crippen LogP) is 5.09. The highest BCUT2D eigenvalue weighted by Gasteiger charge is 2.28. The third kappa shape index (κ3) is 5.06. The van der Waals surface area contributed by atoms with Crippen LogP contribution >= 0.6 is 0 Å². The molecule has 3 aromatic carbocycles. The molecule has 0 aliphatic carbocycles. The molecule has 0 fully saturated rings. The fraction of sp³-hybridized carbons (Fsp3) is 0.308. The Morgan fingerprint density at radius 3 is 1.61 bits per heavy atom. The number of benzene rings is 3. The van der Waals surface area contributed by atoms with Crippen molar-refractivity contribution in [1.29, 1.82) is 0 Å². The summed E-state index contributed by atoms with van der Waals surface area (Å²) in [5.74, 6) is -0.0720. The SMILES string of the molecule is Cc1c(C)c(C)c(CS(=O)(=O)NC(c2ccccc2)C(N)c2ccccc2)c(C)c1C. The third-order valence-corrected chi connectivity index (χ3v) is 7.78. The minimum Gasteiger partial charge on any atom is -0.322 e. The number of hydrogen-bond acceptors (Lipinski definition) is 3. The fourth-order valence-corrected chi connectivity index (χ4v) is 5.66. The standard InChI is InChI=1S/C26H32N2O2S/c1-17-18(2)20(4)24(21(5)19(17)3)16-31(29,30)28-26(23-14-10-7-11-15-23)25(27)22-12-8-6-9-13-22/h6-15,25-26,28H,16,27H2,1-5H3. The zero-order valence-corrected chi connectivity index (χ0v) is 19.8. The van der Waals surface area contributed by atoms with Gasteiger partial charge in [0.1, 0.15) is 0 Å². The molecule has 4 nitrogen and oxygen atoms in total. The summed E-state index contributed by atoms with van der Waals surface area (Å²) in [6.07, 6.45) is 0. The first-order valence-electron chi connectivity index (χ1n) is 10.5. The lowest BCUT2D eigenvalue weighted by molar-refractivity contribution is 0.503. The summed E-state index contributed by atoms with van der Waals surface area (Å²) in [6.45, 7) is 10.2. The molecule has 0 saturated heterocycles. The van der Waals surface area contributed by atoms with Gasteiger partial charge in [-0.3, -0.25) is 0 Å². The normalized spacial score (nSPS) is 13.7. The first kappa shape index (κ1) is 23.2. The zero-order chi connectivity index (χ0) is 22.8. The molecule has 0 aliphatic rings. The van der Waals surface area contributed by atoms with E-state index in [0.29, 0.717) is 0 Å². The van der Waals surface area contributed by atoms with Gasteiger partial charge in [0.2, 0.25) is 10.0 Å².